The molecule has 178 valence electrons. The first-order valence-electron chi connectivity index (χ1n) is 11.3. The minimum Gasteiger partial charge on any atom is -0.478 e. The Kier molecular flexibility index (Phi) is 6.17. The monoisotopic (exact) mass is 490 g/mol. The van der Waals surface area contributed by atoms with Crippen LogP contribution in [-0.2, 0) is 9.53 Å². The Morgan fingerprint density at radius 3 is 2.29 bits per heavy atom. The van der Waals surface area contributed by atoms with Gasteiger partial charge in [0.1, 0.15) is 6.61 Å². The number of aromatic carboxylic acids is 1. The molecule has 0 aliphatic heterocycles. The predicted molar refractivity (Wildman–Crippen MR) is 132 cm³/mol. The summed E-state index contributed by atoms with van der Waals surface area (Å²) in [5.41, 5.74) is 4.74. The lowest BCUT2D eigenvalue weighted by atomic mass is 9.98. The number of carbonyl (C=O) groups is 3. The first-order chi connectivity index (χ1) is 16.9. The van der Waals surface area contributed by atoms with Crippen molar-refractivity contribution >= 4 is 35.3 Å². The van der Waals surface area contributed by atoms with Gasteiger partial charge < -0.3 is 20.5 Å². The molecule has 3 aromatic carbocycles. The number of halogens is 1. The molecule has 0 unspecified atom stereocenters. The zero-order valence-corrected chi connectivity index (χ0v) is 19.4. The molecule has 0 bridgehead atoms. The number of ether oxygens (including phenoxy) is 1. The Morgan fingerprint density at radius 2 is 1.63 bits per heavy atom. The number of alkyl carbamates (subject to hydrolysis) is 1. The van der Waals surface area contributed by atoms with E-state index in [0.717, 1.165) is 22.3 Å². The van der Waals surface area contributed by atoms with Crippen LogP contribution in [0.25, 0.3) is 11.1 Å². The fourth-order valence-corrected chi connectivity index (χ4v) is 4.86. The Labute approximate surface area is 207 Å². The molecule has 2 aliphatic carbocycles. The lowest BCUT2D eigenvalue weighted by Crippen LogP contribution is -2.29. The first-order valence-corrected chi connectivity index (χ1v) is 11.7. The molecule has 3 N–H and O–H groups in total. The maximum atomic E-state index is 12.5. The predicted octanol–water partition coefficient (Wildman–Crippen LogP) is 5.15. The van der Waals surface area contributed by atoms with E-state index in [4.69, 9.17) is 16.3 Å². The number of hydrogen-bond donors (Lipinski definition) is 3. The van der Waals surface area contributed by atoms with Crippen molar-refractivity contribution in [1.82, 2.24) is 5.32 Å². The van der Waals surface area contributed by atoms with Gasteiger partial charge in [-0.15, -0.1) is 0 Å². The standard InChI is InChI=1S/C27H23ClN2O5/c28-16-9-10-24(22(12-16)26(32)33)30-25(31)21-11-15(21)13-29-27(34)35-14-23-19-7-3-1-5-17(19)18-6-2-4-8-20(18)23/h1-10,12,15,21,23H,11,13-14H2,(H,29,34)(H,30,31)(H,32,33)/t15-,21-/m1/s1. The van der Waals surface area contributed by atoms with Crippen molar-refractivity contribution in [1.29, 1.82) is 0 Å². The molecule has 1 saturated carbocycles. The van der Waals surface area contributed by atoms with E-state index in [1.54, 1.807) is 0 Å². The molecule has 2 amide bonds. The third-order valence-electron chi connectivity index (χ3n) is 6.58. The molecule has 3 aromatic rings. The van der Waals surface area contributed by atoms with Crippen molar-refractivity contribution in [3.8, 4) is 11.1 Å². The molecular formula is C27H23ClN2O5. The second-order valence-electron chi connectivity index (χ2n) is 8.79. The number of benzene rings is 3. The Hall–Kier alpha value is -3.84. The molecule has 35 heavy (non-hydrogen) atoms. The average molecular weight is 491 g/mol. The summed E-state index contributed by atoms with van der Waals surface area (Å²) in [5, 5.41) is 15.0. The van der Waals surface area contributed by atoms with Crippen LogP contribution in [0.5, 0.6) is 0 Å². The van der Waals surface area contributed by atoms with Gasteiger partial charge in [0, 0.05) is 23.4 Å². The largest absolute Gasteiger partial charge is 0.478 e. The van der Waals surface area contributed by atoms with E-state index >= 15 is 0 Å². The number of rotatable bonds is 7. The van der Waals surface area contributed by atoms with Crippen LogP contribution < -0.4 is 10.6 Å². The molecule has 5 rings (SSSR count). The van der Waals surface area contributed by atoms with Crippen molar-refractivity contribution in [2.75, 3.05) is 18.5 Å². The van der Waals surface area contributed by atoms with Crippen LogP contribution in [0, 0.1) is 11.8 Å². The molecule has 2 atom stereocenters. The molecule has 7 nitrogen and oxygen atoms in total. The topological polar surface area (TPSA) is 105 Å². The van der Waals surface area contributed by atoms with E-state index in [1.165, 1.54) is 18.2 Å². The minimum absolute atomic E-state index is 0.0181. The van der Waals surface area contributed by atoms with Crippen molar-refractivity contribution < 1.29 is 24.2 Å². The highest BCUT2D eigenvalue weighted by atomic mass is 35.5. The minimum atomic E-state index is -1.17. The van der Waals surface area contributed by atoms with E-state index in [-0.39, 0.29) is 46.5 Å². The van der Waals surface area contributed by atoms with Crippen molar-refractivity contribution in [2.24, 2.45) is 11.8 Å². The van der Waals surface area contributed by atoms with Gasteiger partial charge in [-0.2, -0.15) is 0 Å². The summed E-state index contributed by atoms with van der Waals surface area (Å²) in [7, 11) is 0. The smallest absolute Gasteiger partial charge is 0.407 e. The van der Waals surface area contributed by atoms with Gasteiger partial charge in [-0.25, -0.2) is 9.59 Å². The molecule has 8 heteroatoms. The van der Waals surface area contributed by atoms with Gasteiger partial charge in [-0.05, 0) is 52.8 Å². The second kappa shape index (κ2) is 9.43. The van der Waals surface area contributed by atoms with E-state index in [1.807, 2.05) is 24.3 Å². The molecule has 0 aromatic heterocycles. The molecule has 0 heterocycles. The summed E-state index contributed by atoms with van der Waals surface area (Å²) in [4.78, 5) is 36.3. The average Bonchev–Trinajstić information content (AvgIpc) is 3.57. The third-order valence-corrected chi connectivity index (χ3v) is 6.82. The van der Waals surface area contributed by atoms with E-state index in [2.05, 4.69) is 34.9 Å². The van der Waals surface area contributed by atoms with Gasteiger partial charge in [0.25, 0.3) is 0 Å². The summed E-state index contributed by atoms with van der Waals surface area (Å²) >= 11 is 5.86. The number of carbonyl (C=O) groups excluding carboxylic acids is 2. The van der Waals surface area contributed by atoms with Crippen LogP contribution in [0.15, 0.2) is 66.7 Å². The lowest BCUT2D eigenvalue weighted by molar-refractivity contribution is -0.117. The highest BCUT2D eigenvalue weighted by Gasteiger charge is 2.43. The summed E-state index contributed by atoms with van der Waals surface area (Å²) in [6.07, 6.45) is 0.0784. The SMILES string of the molecule is O=C(NC[C@H]1C[C@H]1C(=O)Nc1ccc(Cl)cc1C(=O)O)OCC1c2ccccc2-c2ccccc21. The molecule has 0 radical (unpaired) electrons. The Morgan fingerprint density at radius 1 is 0.971 bits per heavy atom. The van der Waals surface area contributed by atoms with Crippen LogP contribution in [0.1, 0.15) is 33.8 Å². The van der Waals surface area contributed by atoms with E-state index < -0.39 is 12.1 Å². The van der Waals surface area contributed by atoms with Crippen LogP contribution in [0.4, 0.5) is 10.5 Å². The quantitative estimate of drug-likeness (QED) is 0.424. The first kappa shape index (κ1) is 22.9. The maximum absolute atomic E-state index is 12.5. The van der Waals surface area contributed by atoms with Gasteiger partial charge >= 0.3 is 12.1 Å². The Bertz CT molecular complexity index is 1280. The number of nitrogens with one attached hydrogen (secondary N) is 2. The van der Waals surface area contributed by atoms with Gasteiger partial charge in [0.05, 0.1) is 11.3 Å². The van der Waals surface area contributed by atoms with Gasteiger partial charge in [-0.3, -0.25) is 4.79 Å². The zero-order valence-electron chi connectivity index (χ0n) is 18.7. The van der Waals surface area contributed by atoms with Crippen LogP contribution in [0.2, 0.25) is 5.02 Å². The van der Waals surface area contributed by atoms with Gasteiger partial charge in [-0.1, -0.05) is 60.1 Å². The number of carboxylic acids is 1. The number of fused-ring (bicyclic) bond motifs is 3. The van der Waals surface area contributed by atoms with Crippen LogP contribution >= 0.6 is 11.6 Å². The number of anilines is 1. The van der Waals surface area contributed by atoms with Crippen LogP contribution in [0.3, 0.4) is 0 Å². The normalized spacial score (nSPS) is 17.7. The van der Waals surface area contributed by atoms with Gasteiger partial charge in [0.15, 0.2) is 0 Å². The molecule has 0 saturated heterocycles. The fraction of sp³-hybridized carbons (Fsp3) is 0.222. The number of amides is 2. The van der Waals surface area contributed by atoms with Crippen molar-refractivity contribution in [3.63, 3.8) is 0 Å². The summed E-state index contributed by atoms with van der Waals surface area (Å²) < 4.78 is 5.53. The third kappa shape index (κ3) is 4.72. The Balaban J connectivity index is 1.12. The molecular weight excluding hydrogens is 468 g/mol. The highest BCUT2D eigenvalue weighted by Crippen LogP contribution is 2.44. The molecule has 0 spiro atoms. The summed E-state index contributed by atoms with van der Waals surface area (Å²) in [5.74, 6) is -1.81. The maximum Gasteiger partial charge on any atom is 0.407 e. The van der Waals surface area contributed by atoms with E-state index in [9.17, 15) is 19.5 Å². The molecule has 2 aliphatic rings. The number of hydrogen-bond acceptors (Lipinski definition) is 4. The van der Waals surface area contributed by atoms with Crippen LogP contribution in [-0.4, -0.2) is 36.2 Å². The zero-order chi connectivity index (χ0) is 24.5. The van der Waals surface area contributed by atoms with Crippen molar-refractivity contribution in [3.05, 3.63) is 88.4 Å². The molecule has 1 fully saturated rings. The highest BCUT2D eigenvalue weighted by molar-refractivity contribution is 6.31. The van der Waals surface area contributed by atoms with Gasteiger partial charge in [0.2, 0.25) is 5.91 Å². The van der Waals surface area contributed by atoms with Crippen molar-refractivity contribution in [2.45, 2.75) is 12.3 Å². The lowest BCUT2D eigenvalue weighted by Gasteiger charge is -2.14. The summed E-state index contributed by atoms with van der Waals surface area (Å²) in [6, 6.07) is 20.5. The number of carboxylic acid groups (broad SMARTS) is 1. The van der Waals surface area contributed by atoms with E-state index in [0.29, 0.717) is 13.0 Å². The fourth-order valence-electron chi connectivity index (χ4n) is 4.69. The second-order valence-corrected chi connectivity index (χ2v) is 9.23. The summed E-state index contributed by atoms with van der Waals surface area (Å²) in [6.45, 7) is 0.532.